The quantitative estimate of drug-likeness (QED) is 0.748. The Morgan fingerprint density at radius 2 is 1.70 bits per heavy atom. The molecule has 1 aliphatic heterocycles. The molecule has 0 bridgehead atoms. The fourth-order valence-electron chi connectivity index (χ4n) is 3.49. The highest BCUT2D eigenvalue weighted by Crippen LogP contribution is 2.28. The SMILES string of the molecule is c1cnc(N2CCN(Cc3nc(NC4CC4)c4ccccc4n3)CC2)nc1. The van der Waals surface area contributed by atoms with E-state index in [2.05, 4.69) is 37.2 Å². The third kappa shape index (κ3) is 3.68. The van der Waals surface area contributed by atoms with E-state index >= 15 is 0 Å². The molecule has 0 radical (unpaired) electrons. The van der Waals surface area contributed by atoms with E-state index in [1.54, 1.807) is 12.4 Å². The fraction of sp³-hybridized carbons (Fsp3) is 0.400. The molecule has 2 fully saturated rings. The van der Waals surface area contributed by atoms with E-state index in [-0.39, 0.29) is 0 Å². The number of anilines is 2. The normalized spacial score (nSPS) is 18.0. The zero-order valence-corrected chi connectivity index (χ0v) is 15.3. The molecule has 0 unspecified atom stereocenters. The Morgan fingerprint density at radius 1 is 0.926 bits per heavy atom. The maximum Gasteiger partial charge on any atom is 0.225 e. The number of para-hydroxylation sites is 1. The van der Waals surface area contributed by atoms with Crippen LogP contribution in [0.3, 0.4) is 0 Å². The van der Waals surface area contributed by atoms with Gasteiger partial charge in [-0.25, -0.2) is 19.9 Å². The first-order chi connectivity index (χ1) is 13.3. The van der Waals surface area contributed by atoms with Crippen LogP contribution in [-0.2, 0) is 6.54 Å². The standard InChI is InChI=1S/C20H23N7/c1-2-5-17-16(4-1)19(23-15-6-7-15)25-18(24-17)14-26-10-12-27(13-11-26)20-21-8-3-9-22-20/h1-5,8-9,15H,6-7,10-14H2,(H,23,24,25). The molecule has 2 aromatic heterocycles. The number of aromatic nitrogens is 4. The molecule has 1 aliphatic carbocycles. The van der Waals surface area contributed by atoms with E-state index in [0.717, 1.165) is 61.2 Å². The van der Waals surface area contributed by atoms with Gasteiger partial charge in [-0.05, 0) is 31.0 Å². The molecule has 5 rings (SSSR count). The Labute approximate surface area is 158 Å². The molecule has 3 heterocycles. The van der Waals surface area contributed by atoms with Gasteiger partial charge in [0.1, 0.15) is 11.6 Å². The molecule has 3 aromatic rings. The topological polar surface area (TPSA) is 70.1 Å². The molecular formula is C20H23N7. The molecular weight excluding hydrogens is 338 g/mol. The first-order valence-electron chi connectivity index (χ1n) is 9.62. The molecule has 138 valence electrons. The van der Waals surface area contributed by atoms with Crippen LogP contribution in [0.15, 0.2) is 42.7 Å². The van der Waals surface area contributed by atoms with Gasteiger partial charge in [0.15, 0.2) is 0 Å². The van der Waals surface area contributed by atoms with Gasteiger partial charge in [-0.2, -0.15) is 0 Å². The predicted octanol–water partition coefficient (Wildman–Crippen LogP) is 2.32. The molecule has 1 aromatic carbocycles. The van der Waals surface area contributed by atoms with Crippen LogP contribution in [0.2, 0.25) is 0 Å². The van der Waals surface area contributed by atoms with Gasteiger partial charge in [0.25, 0.3) is 0 Å². The first kappa shape index (κ1) is 16.4. The van der Waals surface area contributed by atoms with E-state index < -0.39 is 0 Å². The van der Waals surface area contributed by atoms with Crippen molar-refractivity contribution in [3.05, 3.63) is 48.5 Å². The van der Waals surface area contributed by atoms with Crippen LogP contribution in [-0.4, -0.2) is 57.1 Å². The number of rotatable bonds is 5. The van der Waals surface area contributed by atoms with Crippen LogP contribution < -0.4 is 10.2 Å². The van der Waals surface area contributed by atoms with Gasteiger partial charge in [0, 0.05) is 50.0 Å². The lowest BCUT2D eigenvalue weighted by Crippen LogP contribution is -2.46. The van der Waals surface area contributed by atoms with Gasteiger partial charge in [0.05, 0.1) is 12.1 Å². The summed E-state index contributed by atoms with van der Waals surface area (Å²) in [7, 11) is 0. The van der Waals surface area contributed by atoms with Crippen LogP contribution in [0, 0.1) is 0 Å². The minimum atomic E-state index is 0.575. The van der Waals surface area contributed by atoms with Crippen LogP contribution in [0.25, 0.3) is 10.9 Å². The number of benzene rings is 1. The highest BCUT2D eigenvalue weighted by molar-refractivity contribution is 5.89. The average Bonchev–Trinajstić information content (AvgIpc) is 3.53. The second-order valence-electron chi connectivity index (χ2n) is 7.24. The molecule has 0 spiro atoms. The summed E-state index contributed by atoms with van der Waals surface area (Å²) in [6.07, 6.45) is 6.06. The second-order valence-corrected chi connectivity index (χ2v) is 7.24. The summed E-state index contributed by atoms with van der Waals surface area (Å²) >= 11 is 0. The van der Waals surface area contributed by atoms with Gasteiger partial charge in [0.2, 0.25) is 5.95 Å². The van der Waals surface area contributed by atoms with E-state index in [4.69, 9.17) is 9.97 Å². The third-order valence-corrected chi connectivity index (χ3v) is 5.14. The minimum absolute atomic E-state index is 0.575. The van der Waals surface area contributed by atoms with Gasteiger partial charge in [-0.1, -0.05) is 12.1 Å². The fourth-order valence-corrected chi connectivity index (χ4v) is 3.49. The Balaban J connectivity index is 1.30. The molecule has 1 N–H and O–H groups in total. The maximum absolute atomic E-state index is 4.85. The molecule has 7 nitrogen and oxygen atoms in total. The highest BCUT2D eigenvalue weighted by Gasteiger charge is 2.24. The Bertz CT molecular complexity index is 918. The van der Waals surface area contributed by atoms with E-state index in [1.165, 1.54) is 12.8 Å². The van der Waals surface area contributed by atoms with Crippen molar-refractivity contribution >= 4 is 22.7 Å². The summed E-state index contributed by atoms with van der Waals surface area (Å²) in [5.74, 6) is 2.69. The Hall–Kier alpha value is -2.80. The largest absolute Gasteiger partial charge is 0.367 e. The summed E-state index contributed by atoms with van der Waals surface area (Å²) in [6.45, 7) is 4.53. The van der Waals surface area contributed by atoms with Crippen molar-refractivity contribution < 1.29 is 0 Å². The lowest BCUT2D eigenvalue weighted by molar-refractivity contribution is 0.243. The van der Waals surface area contributed by atoms with Crippen molar-refractivity contribution in [2.24, 2.45) is 0 Å². The minimum Gasteiger partial charge on any atom is -0.367 e. The van der Waals surface area contributed by atoms with Gasteiger partial charge >= 0.3 is 0 Å². The summed E-state index contributed by atoms with van der Waals surface area (Å²) in [5.41, 5.74) is 1.02. The molecule has 1 saturated carbocycles. The summed E-state index contributed by atoms with van der Waals surface area (Å²) < 4.78 is 0. The lowest BCUT2D eigenvalue weighted by atomic mass is 10.2. The van der Waals surface area contributed by atoms with Crippen LogP contribution >= 0.6 is 0 Å². The van der Waals surface area contributed by atoms with Crippen molar-refractivity contribution in [3.8, 4) is 0 Å². The number of nitrogens with zero attached hydrogens (tertiary/aromatic N) is 6. The summed E-state index contributed by atoms with van der Waals surface area (Å²) in [4.78, 5) is 23.0. The molecule has 27 heavy (non-hydrogen) atoms. The van der Waals surface area contributed by atoms with Crippen molar-refractivity contribution in [3.63, 3.8) is 0 Å². The number of hydrogen-bond acceptors (Lipinski definition) is 7. The first-order valence-corrected chi connectivity index (χ1v) is 9.62. The number of piperazine rings is 1. The summed E-state index contributed by atoms with van der Waals surface area (Å²) in [6, 6.07) is 10.7. The van der Waals surface area contributed by atoms with Crippen LogP contribution in [0.1, 0.15) is 18.7 Å². The van der Waals surface area contributed by atoms with Crippen molar-refractivity contribution in [1.82, 2.24) is 24.8 Å². The van der Waals surface area contributed by atoms with Crippen LogP contribution in [0.4, 0.5) is 11.8 Å². The van der Waals surface area contributed by atoms with Crippen molar-refractivity contribution in [2.75, 3.05) is 36.4 Å². The van der Waals surface area contributed by atoms with E-state index in [0.29, 0.717) is 6.04 Å². The van der Waals surface area contributed by atoms with Gasteiger partial charge in [-0.3, -0.25) is 4.90 Å². The zero-order chi connectivity index (χ0) is 18.1. The number of hydrogen-bond donors (Lipinski definition) is 1. The highest BCUT2D eigenvalue weighted by atomic mass is 15.3. The Kier molecular flexibility index (Phi) is 4.29. The monoisotopic (exact) mass is 361 g/mol. The van der Waals surface area contributed by atoms with E-state index in [1.807, 2.05) is 18.2 Å². The molecule has 1 saturated heterocycles. The number of fused-ring (bicyclic) bond motifs is 1. The third-order valence-electron chi connectivity index (χ3n) is 5.14. The Morgan fingerprint density at radius 3 is 2.48 bits per heavy atom. The summed E-state index contributed by atoms with van der Waals surface area (Å²) in [5, 5.41) is 4.68. The smallest absolute Gasteiger partial charge is 0.225 e. The van der Waals surface area contributed by atoms with Crippen molar-refractivity contribution in [1.29, 1.82) is 0 Å². The predicted molar refractivity (Wildman–Crippen MR) is 106 cm³/mol. The molecule has 0 amide bonds. The molecule has 2 aliphatic rings. The van der Waals surface area contributed by atoms with Gasteiger partial charge in [-0.15, -0.1) is 0 Å². The molecule has 0 atom stereocenters. The zero-order valence-electron chi connectivity index (χ0n) is 15.3. The maximum atomic E-state index is 4.85. The second kappa shape index (κ2) is 7.08. The molecule has 7 heteroatoms. The lowest BCUT2D eigenvalue weighted by Gasteiger charge is -2.34. The van der Waals surface area contributed by atoms with Crippen LogP contribution in [0.5, 0.6) is 0 Å². The average molecular weight is 361 g/mol. The van der Waals surface area contributed by atoms with Crippen molar-refractivity contribution in [2.45, 2.75) is 25.4 Å². The van der Waals surface area contributed by atoms with E-state index in [9.17, 15) is 0 Å². The van der Waals surface area contributed by atoms with Gasteiger partial charge < -0.3 is 10.2 Å². The number of nitrogens with one attached hydrogen (secondary N) is 1.